The van der Waals surface area contributed by atoms with Crippen LogP contribution in [0.1, 0.15) is 46.5 Å². The molecule has 1 spiro atoms. The Hall–Kier alpha value is -2.29. The zero-order valence-corrected chi connectivity index (χ0v) is 25.2. The molecule has 0 aromatic heterocycles. The van der Waals surface area contributed by atoms with Crippen LogP contribution in [0.4, 0.5) is 5.69 Å². The minimum atomic E-state index is -0.874. The lowest BCUT2D eigenvalue weighted by Gasteiger charge is -2.42. The van der Waals surface area contributed by atoms with E-state index in [9.17, 15) is 19.5 Å². The van der Waals surface area contributed by atoms with Gasteiger partial charge < -0.3 is 19.6 Å². The highest BCUT2D eigenvalue weighted by atomic mass is 35.5. The Morgan fingerprint density at radius 1 is 1.30 bits per heavy atom. The maximum atomic E-state index is 14.7. The molecule has 3 aliphatic rings. The van der Waals surface area contributed by atoms with Crippen LogP contribution in [0.3, 0.4) is 0 Å². The lowest BCUT2D eigenvalue weighted by atomic mass is 9.66. The lowest BCUT2D eigenvalue weighted by molar-refractivity contribution is -0.155. The molecule has 0 aliphatic carbocycles. The molecular weight excluding hydrogens is 548 g/mol. The summed E-state index contributed by atoms with van der Waals surface area (Å²) in [6.07, 6.45) is 6.06. The predicted octanol–water partition coefficient (Wildman–Crippen LogP) is 5.11. The third kappa shape index (κ3) is 5.23. The van der Waals surface area contributed by atoms with Crippen molar-refractivity contribution in [3.8, 4) is 0 Å². The van der Waals surface area contributed by atoms with Crippen LogP contribution < -0.4 is 4.90 Å². The minimum absolute atomic E-state index is 0.00423. The number of likely N-dealkylation sites (tertiary alicyclic amines) is 1. The van der Waals surface area contributed by atoms with Crippen LogP contribution >= 0.6 is 23.4 Å². The van der Waals surface area contributed by atoms with Gasteiger partial charge >= 0.3 is 5.97 Å². The summed E-state index contributed by atoms with van der Waals surface area (Å²) in [5.41, 5.74) is 0.536. The van der Waals surface area contributed by atoms with Crippen molar-refractivity contribution >= 4 is 46.8 Å². The van der Waals surface area contributed by atoms with E-state index in [1.807, 2.05) is 19.9 Å². The second-order valence-corrected chi connectivity index (χ2v) is 13.5. The van der Waals surface area contributed by atoms with E-state index in [1.54, 1.807) is 51.9 Å². The highest BCUT2D eigenvalue weighted by molar-refractivity contribution is 8.02. The van der Waals surface area contributed by atoms with Gasteiger partial charge in [0.05, 0.1) is 46.5 Å². The second-order valence-electron chi connectivity index (χ2n) is 11.6. The molecule has 1 aromatic carbocycles. The lowest BCUT2D eigenvalue weighted by Crippen LogP contribution is -2.59. The number of fused-ring (bicyclic) bond motifs is 1. The topological polar surface area (TPSA) is 87.2 Å². The summed E-state index contributed by atoms with van der Waals surface area (Å²) in [6, 6.07) is 5.69. The Bertz CT molecular complexity index is 1140. The number of unbranched alkanes of at least 4 members (excludes halogenated alkanes) is 1. The molecule has 4 rings (SSSR count). The van der Waals surface area contributed by atoms with E-state index in [4.69, 9.17) is 16.3 Å². The zero-order valence-electron chi connectivity index (χ0n) is 23.6. The van der Waals surface area contributed by atoms with E-state index >= 15 is 0 Å². The first-order valence-corrected chi connectivity index (χ1v) is 15.4. The number of hydrogen-bond acceptors (Lipinski definition) is 6. The number of nitrogens with zero attached hydrogens (tertiary/aromatic N) is 2. The molecule has 3 aliphatic heterocycles. The van der Waals surface area contributed by atoms with Gasteiger partial charge in [-0.05, 0) is 49.7 Å². The van der Waals surface area contributed by atoms with E-state index in [-0.39, 0.29) is 54.6 Å². The quantitative estimate of drug-likeness (QED) is 0.196. The predicted molar refractivity (Wildman–Crippen MR) is 160 cm³/mol. The molecule has 7 atom stereocenters. The van der Waals surface area contributed by atoms with Gasteiger partial charge in [0, 0.05) is 11.8 Å². The van der Waals surface area contributed by atoms with Crippen molar-refractivity contribution in [2.24, 2.45) is 23.7 Å². The number of allylic oxidation sites excluding steroid dienone is 1. The second kappa shape index (κ2) is 12.7. The number of para-hydroxylation sites is 1. The Balaban J connectivity index is 1.80. The summed E-state index contributed by atoms with van der Waals surface area (Å²) >= 11 is 8.16. The van der Waals surface area contributed by atoms with E-state index in [2.05, 4.69) is 20.1 Å². The first-order chi connectivity index (χ1) is 19.1. The Kier molecular flexibility index (Phi) is 9.74. The van der Waals surface area contributed by atoms with E-state index < -0.39 is 28.7 Å². The van der Waals surface area contributed by atoms with Crippen molar-refractivity contribution in [3.05, 3.63) is 54.6 Å². The Morgan fingerprint density at radius 3 is 2.65 bits per heavy atom. The fraction of sp³-hybridized carbons (Fsp3) is 0.581. The van der Waals surface area contributed by atoms with Crippen molar-refractivity contribution in [2.75, 3.05) is 24.7 Å². The maximum absolute atomic E-state index is 14.7. The molecule has 2 amide bonds. The van der Waals surface area contributed by atoms with Crippen molar-refractivity contribution in [1.82, 2.24) is 4.90 Å². The third-order valence-electron chi connectivity index (χ3n) is 8.55. The number of carbonyl (C=O) groups excluding carboxylic acids is 3. The number of thioether (sulfide) groups is 1. The molecule has 3 heterocycles. The first-order valence-electron chi connectivity index (χ1n) is 14.2. The maximum Gasteiger partial charge on any atom is 0.310 e. The molecule has 2 bridgehead atoms. The molecule has 3 fully saturated rings. The van der Waals surface area contributed by atoms with Gasteiger partial charge in [-0.15, -0.1) is 24.9 Å². The summed E-state index contributed by atoms with van der Waals surface area (Å²) in [4.78, 5) is 45.9. The van der Waals surface area contributed by atoms with Crippen LogP contribution in [-0.4, -0.2) is 69.6 Å². The standard InChI is InChI=1S/C31H41ClN2O5S/c1-6-8-11-15-39-30(38)25-24-17-20(5)31(40-24)26(25)28(36)34(21(18-35)16-19(3)4)27(31)29(37)33(14-7-2)23-13-10-9-12-22(23)32/h6-7,9-10,12-13,19-21,24-27,35H,1-2,8,11,14-18H2,3-5H3/t20?,21-,24+,25-,26+,27?,31?/m1/s1. The zero-order chi connectivity index (χ0) is 29.2. The van der Waals surface area contributed by atoms with Gasteiger partial charge in [0.15, 0.2) is 0 Å². The van der Waals surface area contributed by atoms with Crippen LogP contribution in [0.2, 0.25) is 5.02 Å². The number of rotatable bonds is 13. The fourth-order valence-electron chi connectivity index (χ4n) is 6.97. The fourth-order valence-corrected chi connectivity index (χ4v) is 9.60. The van der Waals surface area contributed by atoms with Gasteiger partial charge in [0.2, 0.25) is 5.91 Å². The Morgan fingerprint density at radius 2 is 2.02 bits per heavy atom. The van der Waals surface area contributed by atoms with E-state index in [0.29, 0.717) is 30.0 Å². The molecule has 1 aromatic rings. The number of esters is 1. The number of halogens is 1. The number of anilines is 1. The van der Waals surface area contributed by atoms with E-state index in [0.717, 1.165) is 6.42 Å². The summed E-state index contributed by atoms with van der Waals surface area (Å²) in [5, 5.41) is 10.8. The first kappa shape index (κ1) is 30.7. The number of aliphatic hydroxyl groups excluding tert-OH is 1. The monoisotopic (exact) mass is 588 g/mol. The van der Waals surface area contributed by atoms with Gasteiger partial charge in [0.25, 0.3) is 5.91 Å². The van der Waals surface area contributed by atoms with Gasteiger partial charge in [-0.3, -0.25) is 14.4 Å². The van der Waals surface area contributed by atoms with Crippen molar-refractivity contribution in [2.45, 2.75) is 68.5 Å². The average molecular weight is 589 g/mol. The number of ether oxygens (including phenoxy) is 1. The molecule has 3 saturated heterocycles. The molecule has 7 nitrogen and oxygen atoms in total. The van der Waals surface area contributed by atoms with E-state index in [1.165, 1.54) is 0 Å². The van der Waals surface area contributed by atoms with Gasteiger partial charge in [-0.1, -0.05) is 56.7 Å². The number of aliphatic hydroxyl groups is 1. The number of amides is 2. The summed E-state index contributed by atoms with van der Waals surface area (Å²) in [6.45, 7) is 13.9. The number of benzene rings is 1. The molecule has 218 valence electrons. The average Bonchev–Trinajstić information content (AvgIpc) is 3.52. The molecule has 0 radical (unpaired) electrons. The van der Waals surface area contributed by atoms with Crippen LogP contribution in [-0.2, 0) is 19.1 Å². The summed E-state index contributed by atoms with van der Waals surface area (Å²) < 4.78 is 4.85. The minimum Gasteiger partial charge on any atom is -0.465 e. The SMILES string of the molecule is C=CCCCOC(=O)[C@@H]1[C@@H]2CC(C)C3(S2)C(C(=O)N(CC=C)c2ccccc2Cl)N([C@@H](CO)CC(C)C)C(=O)[C@H]13. The van der Waals surface area contributed by atoms with Crippen LogP contribution in [0.5, 0.6) is 0 Å². The van der Waals surface area contributed by atoms with Crippen molar-refractivity contribution in [1.29, 1.82) is 0 Å². The largest absolute Gasteiger partial charge is 0.465 e. The third-order valence-corrected chi connectivity index (χ3v) is 11.0. The molecule has 3 unspecified atom stereocenters. The highest BCUT2D eigenvalue weighted by Gasteiger charge is 2.77. The number of hydrogen-bond donors (Lipinski definition) is 1. The molecular formula is C31H41ClN2O5S. The van der Waals surface area contributed by atoms with Gasteiger partial charge in [-0.25, -0.2) is 0 Å². The molecule has 9 heteroatoms. The summed E-state index contributed by atoms with van der Waals surface area (Å²) in [7, 11) is 0. The van der Waals surface area contributed by atoms with Crippen LogP contribution in [0.25, 0.3) is 0 Å². The normalized spacial score (nSPS) is 29.4. The smallest absolute Gasteiger partial charge is 0.310 e. The van der Waals surface area contributed by atoms with Crippen molar-refractivity contribution < 1.29 is 24.2 Å². The highest BCUT2D eigenvalue weighted by Crippen LogP contribution is 2.69. The molecule has 1 N–H and O–H groups in total. The summed E-state index contributed by atoms with van der Waals surface area (Å²) in [5.74, 6) is -2.06. The van der Waals surface area contributed by atoms with Gasteiger partial charge in [-0.2, -0.15) is 0 Å². The van der Waals surface area contributed by atoms with Gasteiger partial charge in [0.1, 0.15) is 6.04 Å². The van der Waals surface area contributed by atoms with Crippen LogP contribution in [0, 0.1) is 23.7 Å². The van der Waals surface area contributed by atoms with Crippen LogP contribution in [0.15, 0.2) is 49.6 Å². The molecule has 0 saturated carbocycles. The number of carbonyl (C=O) groups is 3. The van der Waals surface area contributed by atoms with Crippen molar-refractivity contribution in [3.63, 3.8) is 0 Å². The molecule has 40 heavy (non-hydrogen) atoms. The Labute approximate surface area is 246 Å².